The van der Waals surface area contributed by atoms with Crippen LogP contribution in [0.4, 0.5) is 16.0 Å². The second kappa shape index (κ2) is 8.99. The molecule has 3 aromatic rings. The number of hydrogen-bond acceptors (Lipinski definition) is 6. The Kier molecular flexibility index (Phi) is 6.42. The highest BCUT2D eigenvalue weighted by Gasteiger charge is 2.23. The van der Waals surface area contributed by atoms with Gasteiger partial charge >= 0.3 is 0 Å². The maximum atomic E-state index is 14.6. The molecule has 1 saturated heterocycles. The molecule has 4 rings (SSSR count). The summed E-state index contributed by atoms with van der Waals surface area (Å²) in [5.74, 6) is 0.596. The van der Waals surface area contributed by atoms with Crippen LogP contribution in [0.5, 0.6) is 0 Å². The summed E-state index contributed by atoms with van der Waals surface area (Å²) < 4.78 is 22.1. The Hall–Kier alpha value is -3.02. The molecule has 0 unspecified atom stereocenters. The second-order valence-corrected chi connectivity index (χ2v) is 6.61. The molecule has 0 radical (unpaired) electrons. The summed E-state index contributed by atoms with van der Waals surface area (Å²) in [4.78, 5) is 12.8. The van der Waals surface area contributed by atoms with Gasteiger partial charge in [0.1, 0.15) is 11.5 Å². The lowest BCUT2D eigenvalue weighted by molar-refractivity contribution is 0.0694. The highest BCUT2D eigenvalue weighted by atomic mass is 35.5. The number of nitrogens with zero attached hydrogens (tertiary/aromatic N) is 5. The molecule has 1 aliphatic heterocycles. The Bertz CT molecular complexity index is 1020. The van der Waals surface area contributed by atoms with Crippen LogP contribution in [0, 0.1) is 24.1 Å². The van der Waals surface area contributed by atoms with Gasteiger partial charge in [-0.2, -0.15) is 5.26 Å². The van der Waals surface area contributed by atoms with E-state index in [4.69, 9.17) is 10.00 Å². The molecule has 0 bridgehead atoms. The van der Waals surface area contributed by atoms with Gasteiger partial charge < -0.3 is 14.6 Å². The van der Waals surface area contributed by atoms with Crippen molar-refractivity contribution >= 4 is 24.0 Å². The molecule has 9 heteroatoms. The number of anilines is 2. The highest BCUT2D eigenvalue weighted by molar-refractivity contribution is 5.85. The Morgan fingerprint density at radius 2 is 1.90 bits per heavy atom. The minimum atomic E-state index is -0.501. The van der Waals surface area contributed by atoms with E-state index in [2.05, 4.69) is 26.3 Å². The maximum Gasteiger partial charge on any atom is 0.227 e. The van der Waals surface area contributed by atoms with Crippen molar-refractivity contribution in [2.24, 2.45) is 0 Å². The number of nitriles is 1. The van der Waals surface area contributed by atoms with E-state index in [1.165, 1.54) is 0 Å². The smallest absolute Gasteiger partial charge is 0.227 e. The first kappa shape index (κ1) is 20.7. The monoisotopic (exact) mass is 414 g/mol. The van der Waals surface area contributed by atoms with E-state index in [0.717, 1.165) is 24.9 Å². The summed E-state index contributed by atoms with van der Waals surface area (Å²) in [5, 5.41) is 11.9. The van der Waals surface area contributed by atoms with E-state index in [9.17, 15) is 4.39 Å². The van der Waals surface area contributed by atoms with Crippen LogP contribution in [0.2, 0.25) is 0 Å². The fourth-order valence-corrected chi connectivity index (χ4v) is 3.40. The van der Waals surface area contributed by atoms with Gasteiger partial charge in [0.15, 0.2) is 5.82 Å². The van der Waals surface area contributed by atoms with E-state index in [-0.39, 0.29) is 30.1 Å². The van der Waals surface area contributed by atoms with Crippen LogP contribution in [0.15, 0.2) is 36.7 Å². The quantitative estimate of drug-likeness (QED) is 0.689. The van der Waals surface area contributed by atoms with Crippen LogP contribution >= 0.6 is 12.4 Å². The number of benzene rings is 1. The average molecular weight is 415 g/mol. The SMILES string of the molecule is Cc1ncc(-c2nc(Nc3ccc(C#N)cc3)ncc2F)n1C1CCOCC1.Cl. The zero-order chi connectivity index (χ0) is 19.5. The first-order valence-corrected chi connectivity index (χ1v) is 9.07. The fourth-order valence-electron chi connectivity index (χ4n) is 3.40. The number of halogens is 2. The van der Waals surface area contributed by atoms with Crippen molar-refractivity contribution in [1.82, 2.24) is 19.5 Å². The Morgan fingerprint density at radius 3 is 2.59 bits per heavy atom. The first-order chi connectivity index (χ1) is 13.7. The average Bonchev–Trinajstić information content (AvgIpc) is 3.12. The summed E-state index contributed by atoms with van der Waals surface area (Å²) in [5.41, 5.74) is 2.11. The van der Waals surface area contributed by atoms with Crippen LogP contribution in [-0.4, -0.2) is 32.7 Å². The van der Waals surface area contributed by atoms with Crippen LogP contribution in [0.1, 0.15) is 30.3 Å². The van der Waals surface area contributed by atoms with Crippen molar-refractivity contribution in [3.63, 3.8) is 0 Å². The molecule has 0 spiro atoms. The third-order valence-electron chi connectivity index (χ3n) is 4.79. The summed E-state index contributed by atoms with van der Waals surface area (Å²) >= 11 is 0. The van der Waals surface area contributed by atoms with Crippen molar-refractivity contribution in [2.45, 2.75) is 25.8 Å². The molecule has 0 atom stereocenters. The van der Waals surface area contributed by atoms with Crippen LogP contribution in [-0.2, 0) is 4.74 Å². The van der Waals surface area contributed by atoms with Crippen LogP contribution < -0.4 is 5.32 Å². The van der Waals surface area contributed by atoms with Crippen molar-refractivity contribution < 1.29 is 9.13 Å². The molecule has 3 heterocycles. The zero-order valence-corrected chi connectivity index (χ0v) is 16.6. The van der Waals surface area contributed by atoms with Crippen LogP contribution in [0.25, 0.3) is 11.4 Å². The van der Waals surface area contributed by atoms with Gasteiger partial charge in [0, 0.05) is 24.9 Å². The van der Waals surface area contributed by atoms with Gasteiger partial charge in [-0.1, -0.05) is 0 Å². The molecule has 1 fully saturated rings. The molecule has 29 heavy (non-hydrogen) atoms. The lowest BCUT2D eigenvalue weighted by Crippen LogP contribution is -2.21. The molecule has 2 aromatic heterocycles. The molecule has 0 saturated carbocycles. The summed E-state index contributed by atoms with van der Waals surface area (Å²) in [6, 6.07) is 9.16. The van der Waals surface area contributed by atoms with E-state index >= 15 is 0 Å². The third-order valence-corrected chi connectivity index (χ3v) is 4.79. The molecular weight excluding hydrogens is 395 g/mol. The summed E-state index contributed by atoms with van der Waals surface area (Å²) in [7, 11) is 0. The predicted octanol–water partition coefficient (Wildman–Crippen LogP) is 4.18. The molecule has 1 N–H and O–H groups in total. The standard InChI is InChI=1S/C20H19FN6O.ClH/c1-13-23-12-18(27(13)16-6-8-28-9-7-16)19-17(21)11-24-20(26-19)25-15-4-2-14(10-22)3-5-15;/h2-5,11-12,16H,6-9H2,1H3,(H,24,25,26);1H. The Labute approximate surface area is 174 Å². The van der Waals surface area contributed by atoms with Crippen molar-refractivity contribution in [3.05, 3.63) is 53.9 Å². The molecular formula is C20H20ClFN6O. The minimum Gasteiger partial charge on any atom is -0.381 e. The molecule has 0 amide bonds. The number of rotatable bonds is 4. The van der Waals surface area contributed by atoms with Crippen molar-refractivity contribution in [3.8, 4) is 17.5 Å². The molecule has 0 aliphatic carbocycles. The summed E-state index contributed by atoms with van der Waals surface area (Å²) in [6.45, 7) is 3.27. The van der Waals surface area contributed by atoms with Gasteiger partial charge in [0.25, 0.3) is 0 Å². The van der Waals surface area contributed by atoms with Crippen molar-refractivity contribution in [2.75, 3.05) is 18.5 Å². The van der Waals surface area contributed by atoms with Gasteiger partial charge in [-0.15, -0.1) is 12.4 Å². The highest BCUT2D eigenvalue weighted by Crippen LogP contribution is 2.30. The molecule has 1 aliphatic rings. The van der Waals surface area contributed by atoms with Crippen LogP contribution in [0.3, 0.4) is 0 Å². The summed E-state index contributed by atoms with van der Waals surface area (Å²) in [6.07, 6.45) is 4.52. The molecule has 150 valence electrons. The molecule has 1 aromatic carbocycles. The predicted molar refractivity (Wildman–Crippen MR) is 109 cm³/mol. The normalized spacial score (nSPS) is 14.1. The lowest BCUT2D eigenvalue weighted by Gasteiger charge is -2.26. The van der Waals surface area contributed by atoms with E-state index in [1.54, 1.807) is 30.5 Å². The van der Waals surface area contributed by atoms with Gasteiger partial charge in [-0.05, 0) is 44.0 Å². The number of aryl methyl sites for hydroxylation is 1. The van der Waals surface area contributed by atoms with Crippen molar-refractivity contribution in [1.29, 1.82) is 5.26 Å². The first-order valence-electron chi connectivity index (χ1n) is 9.07. The Balaban J connectivity index is 0.00000240. The van der Waals surface area contributed by atoms with E-state index < -0.39 is 5.82 Å². The number of aromatic nitrogens is 4. The minimum absolute atomic E-state index is 0. The lowest BCUT2D eigenvalue weighted by atomic mass is 10.1. The van der Waals surface area contributed by atoms with Gasteiger partial charge in [-0.25, -0.2) is 19.3 Å². The Morgan fingerprint density at radius 1 is 1.17 bits per heavy atom. The third kappa shape index (κ3) is 4.36. The second-order valence-electron chi connectivity index (χ2n) is 6.61. The van der Waals surface area contributed by atoms with Gasteiger partial charge in [0.2, 0.25) is 5.95 Å². The number of hydrogen-bond donors (Lipinski definition) is 1. The number of imidazole rings is 1. The topological polar surface area (TPSA) is 88.7 Å². The largest absolute Gasteiger partial charge is 0.381 e. The van der Waals surface area contributed by atoms with Gasteiger partial charge in [0.05, 0.1) is 29.7 Å². The number of ether oxygens (including phenoxy) is 1. The van der Waals surface area contributed by atoms with E-state index in [0.29, 0.717) is 30.2 Å². The molecule has 7 nitrogen and oxygen atoms in total. The van der Waals surface area contributed by atoms with Gasteiger partial charge in [-0.3, -0.25) is 0 Å². The zero-order valence-electron chi connectivity index (χ0n) is 15.8. The fraction of sp³-hybridized carbons (Fsp3) is 0.300. The number of nitrogens with one attached hydrogen (secondary N) is 1. The van der Waals surface area contributed by atoms with E-state index in [1.807, 2.05) is 11.5 Å². The maximum absolute atomic E-state index is 14.6.